The summed E-state index contributed by atoms with van der Waals surface area (Å²) in [5.74, 6) is -0.133. The van der Waals surface area contributed by atoms with Crippen molar-refractivity contribution < 1.29 is 4.39 Å². The Labute approximate surface area is 97.4 Å². The van der Waals surface area contributed by atoms with E-state index in [-0.39, 0.29) is 11.9 Å². The third kappa shape index (κ3) is 3.78. The van der Waals surface area contributed by atoms with E-state index in [9.17, 15) is 4.39 Å². The van der Waals surface area contributed by atoms with Crippen LogP contribution in [-0.4, -0.2) is 6.54 Å². The number of hydrogen-bond acceptors (Lipinski definition) is 1. The zero-order chi connectivity index (χ0) is 12.1. The Balaban J connectivity index is 2.55. The SMILES string of the molecule is C=C(C)CCNC(C)c1ccc(C)c(F)c1. The largest absolute Gasteiger partial charge is 0.310 e. The van der Waals surface area contributed by atoms with Crippen LogP contribution in [0.2, 0.25) is 0 Å². The summed E-state index contributed by atoms with van der Waals surface area (Å²) in [6.45, 7) is 10.6. The molecule has 0 aromatic heterocycles. The summed E-state index contributed by atoms with van der Waals surface area (Å²) in [5, 5.41) is 3.35. The van der Waals surface area contributed by atoms with Gasteiger partial charge in [0, 0.05) is 6.04 Å². The van der Waals surface area contributed by atoms with Gasteiger partial charge in [-0.2, -0.15) is 0 Å². The molecule has 0 bridgehead atoms. The molecule has 1 atom stereocenters. The molecule has 0 aliphatic carbocycles. The first-order valence-corrected chi connectivity index (χ1v) is 5.64. The van der Waals surface area contributed by atoms with Crippen LogP contribution in [0.15, 0.2) is 30.4 Å². The third-order valence-electron chi connectivity index (χ3n) is 2.70. The van der Waals surface area contributed by atoms with Crippen LogP contribution in [0.3, 0.4) is 0 Å². The minimum absolute atomic E-state index is 0.133. The first-order valence-electron chi connectivity index (χ1n) is 5.64. The topological polar surface area (TPSA) is 12.0 Å². The lowest BCUT2D eigenvalue weighted by Crippen LogP contribution is -2.20. The normalized spacial score (nSPS) is 12.5. The summed E-state index contributed by atoms with van der Waals surface area (Å²) >= 11 is 0. The molecule has 0 radical (unpaired) electrons. The molecule has 1 N–H and O–H groups in total. The molecule has 0 aliphatic rings. The zero-order valence-corrected chi connectivity index (χ0v) is 10.3. The van der Waals surface area contributed by atoms with E-state index in [0.29, 0.717) is 5.56 Å². The highest BCUT2D eigenvalue weighted by Gasteiger charge is 2.06. The molecular formula is C14H20FN. The van der Waals surface area contributed by atoms with Gasteiger partial charge in [-0.25, -0.2) is 4.39 Å². The number of halogens is 1. The van der Waals surface area contributed by atoms with Gasteiger partial charge in [0.1, 0.15) is 5.82 Å². The Morgan fingerprint density at radius 2 is 2.19 bits per heavy atom. The van der Waals surface area contributed by atoms with Gasteiger partial charge < -0.3 is 5.32 Å². The molecule has 88 valence electrons. The lowest BCUT2D eigenvalue weighted by Gasteiger charge is -2.14. The van der Waals surface area contributed by atoms with Gasteiger partial charge in [0.15, 0.2) is 0 Å². The standard InChI is InChI=1S/C14H20FN/c1-10(2)7-8-16-12(4)13-6-5-11(3)14(15)9-13/h5-6,9,12,16H,1,7-8H2,2-4H3. The van der Waals surface area contributed by atoms with Crippen molar-refractivity contribution in [1.29, 1.82) is 0 Å². The summed E-state index contributed by atoms with van der Waals surface area (Å²) < 4.78 is 13.3. The number of rotatable bonds is 5. The summed E-state index contributed by atoms with van der Waals surface area (Å²) in [4.78, 5) is 0. The molecule has 0 saturated carbocycles. The van der Waals surface area contributed by atoms with E-state index >= 15 is 0 Å². The second-order valence-electron chi connectivity index (χ2n) is 4.39. The zero-order valence-electron chi connectivity index (χ0n) is 10.3. The smallest absolute Gasteiger partial charge is 0.126 e. The van der Waals surface area contributed by atoms with Crippen LogP contribution in [0.5, 0.6) is 0 Å². The van der Waals surface area contributed by atoms with E-state index in [1.807, 2.05) is 26.0 Å². The lowest BCUT2D eigenvalue weighted by molar-refractivity contribution is 0.564. The quantitative estimate of drug-likeness (QED) is 0.747. The highest BCUT2D eigenvalue weighted by molar-refractivity contribution is 5.25. The Kier molecular flexibility index (Phi) is 4.69. The molecule has 0 fully saturated rings. The van der Waals surface area contributed by atoms with Gasteiger partial charge >= 0.3 is 0 Å². The molecule has 1 unspecified atom stereocenters. The molecule has 1 aromatic rings. The Morgan fingerprint density at radius 3 is 2.75 bits per heavy atom. The monoisotopic (exact) mass is 221 g/mol. The average Bonchev–Trinajstić information content (AvgIpc) is 2.21. The Morgan fingerprint density at radius 1 is 1.50 bits per heavy atom. The fourth-order valence-electron chi connectivity index (χ4n) is 1.50. The molecule has 1 aromatic carbocycles. The molecule has 1 nitrogen and oxygen atoms in total. The van der Waals surface area contributed by atoms with Gasteiger partial charge in [0.25, 0.3) is 0 Å². The second kappa shape index (κ2) is 5.80. The van der Waals surface area contributed by atoms with Gasteiger partial charge in [0.05, 0.1) is 0 Å². The van der Waals surface area contributed by atoms with Crippen molar-refractivity contribution in [3.05, 3.63) is 47.3 Å². The maximum absolute atomic E-state index is 13.3. The van der Waals surface area contributed by atoms with E-state index in [1.165, 1.54) is 0 Å². The van der Waals surface area contributed by atoms with E-state index in [2.05, 4.69) is 11.9 Å². The van der Waals surface area contributed by atoms with Crippen molar-refractivity contribution in [2.75, 3.05) is 6.54 Å². The number of nitrogens with one attached hydrogen (secondary N) is 1. The number of hydrogen-bond donors (Lipinski definition) is 1. The Hall–Kier alpha value is -1.15. The first kappa shape index (κ1) is 12.9. The van der Waals surface area contributed by atoms with Crippen LogP contribution >= 0.6 is 0 Å². The van der Waals surface area contributed by atoms with Crippen molar-refractivity contribution >= 4 is 0 Å². The minimum Gasteiger partial charge on any atom is -0.310 e. The van der Waals surface area contributed by atoms with Crippen molar-refractivity contribution in [3.63, 3.8) is 0 Å². The number of aryl methyl sites for hydroxylation is 1. The van der Waals surface area contributed by atoms with Crippen molar-refractivity contribution in [3.8, 4) is 0 Å². The summed E-state index contributed by atoms with van der Waals surface area (Å²) in [7, 11) is 0. The maximum atomic E-state index is 13.3. The molecule has 2 heteroatoms. The molecule has 0 spiro atoms. The van der Waals surface area contributed by atoms with Gasteiger partial charge in [-0.05, 0) is 50.9 Å². The van der Waals surface area contributed by atoms with E-state index in [0.717, 1.165) is 24.1 Å². The predicted octanol–water partition coefficient (Wildman–Crippen LogP) is 3.75. The summed E-state index contributed by atoms with van der Waals surface area (Å²) in [6.07, 6.45) is 0.957. The van der Waals surface area contributed by atoms with Gasteiger partial charge in [0.2, 0.25) is 0 Å². The average molecular weight is 221 g/mol. The van der Waals surface area contributed by atoms with Crippen LogP contribution < -0.4 is 5.32 Å². The lowest BCUT2D eigenvalue weighted by atomic mass is 10.1. The Bertz CT molecular complexity index is 371. The highest BCUT2D eigenvalue weighted by atomic mass is 19.1. The van der Waals surface area contributed by atoms with Gasteiger partial charge in [-0.3, -0.25) is 0 Å². The van der Waals surface area contributed by atoms with Crippen LogP contribution in [0.4, 0.5) is 4.39 Å². The van der Waals surface area contributed by atoms with Crippen LogP contribution in [-0.2, 0) is 0 Å². The molecule has 0 heterocycles. The van der Waals surface area contributed by atoms with E-state index in [4.69, 9.17) is 0 Å². The predicted molar refractivity (Wildman–Crippen MR) is 67.0 cm³/mol. The fourth-order valence-corrected chi connectivity index (χ4v) is 1.50. The summed E-state index contributed by atoms with van der Waals surface area (Å²) in [6, 6.07) is 5.57. The molecule has 0 amide bonds. The van der Waals surface area contributed by atoms with Crippen molar-refractivity contribution in [1.82, 2.24) is 5.32 Å². The third-order valence-corrected chi connectivity index (χ3v) is 2.70. The highest BCUT2D eigenvalue weighted by Crippen LogP contribution is 2.16. The second-order valence-corrected chi connectivity index (χ2v) is 4.39. The van der Waals surface area contributed by atoms with Crippen LogP contribution in [0.1, 0.15) is 37.4 Å². The molecule has 1 rings (SSSR count). The first-order chi connectivity index (χ1) is 7.50. The van der Waals surface area contributed by atoms with Gasteiger partial charge in [-0.1, -0.05) is 17.7 Å². The van der Waals surface area contributed by atoms with Crippen LogP contribution in [0.25, 0.3) is 0 Å². The van der Waals surface area contributed by atoms with Crippen LogP contribution in [0, 0.1) is 12.7 Å². The number of benzene rings is 1. The van der Waals surface area contributed by atoms with Gasteiger partial charge in [-0.15, -0.1) is 6.58 Å². The molecule has 0 saturated heterocycles. The molecular weight excluding hydrogens is 201 g/mol. The minimum atomic E-state index is -0.133. The van der Waals surface area contributed by atoms with Crippen molar-refractivity contribution in [2.45, 2.75) is 33.2 Å². The summed E-state index contributed by atoms with van der Waals surface area (Å²) in [5.41, 5.74) is 2.84. The molecule has 0 aliphatic heterocycles. The maximum Gasteiger partial charge on any atom is 0.126 e. The van der Waals surface area contributed by atoms with E-state index in [1.54, 1.807) is 13.0 Å². The molecule has 16 heavy (non-hydrogen) atoms. The van der Waals surface area contributed by atoms with E-state index < -0.39 is 0 Å². The van der Waals surface area contributed by atoms with Crippen molar-refractivity contribution in [2.24, 2.45) is 0 Å². The fraction of sp³-hybridized carbons (Fsp3) is 0.429.